The molecule has 0 radical (unpaired) electrons. The van der Waals surface area contributed by atoms with Crippen LogP contribution in [-0.2, 0) is 0 Å². The molecule has 0 atom stereocenters. The first-order valence-corrected chi connectivity index (χ1v) is 7.15. The van der Waals surface area contributed by atoms with Crippen LogP contribution in [0.5, 0.6) is 5.75 Å². The number of hydrogen-bond donors (Lipinski definition) is 0. The molecule has 0 saturated carbocycles. The number of hydrogen-bond acceptors (Lipinski definition) is 3. The van der Waals surface area contributed by atoms with Crippen LogP contribution in [-0.4, -0.2) is 12.4 Å². The lowest BCUT2D eigenvalue weighted by atomic mass is 9.99. The van der Waals surface area contributed by atoms with Crippen molar-refractivity contribution in [1.29, 1.82) is 0 Å². The van der Waals surface area contributed by atoms with Gasteiger partial charge >= 0.3 is 0 Å². The minimum atomic E-state index is 0.0876. The van der Waals surface area contributed by atoms with Gasteiger partial charge in [-0.15, -0.1) is 11.3 Å². The molecule has 0 N–H and O–H groups in total. The lowest BCUT2D eigenvalue weighted by molar-refractivity contribution is 0.103. The van der Waals surface area contributed by atoms with Crippen molar-refractivity contribution in [1.82, 2.24) is 0 Å². The Kier molecular flexibility index (Phi) is 3.22. The van der Waals surface area contributed by atoms with E-state index in [1.807, 2.05) is 48.7 Å². The maximum atomic E-state index is 12.6. The van der Waals surface area contributed by atoms with E-state index in [2.05, 4.69) is 0 Å². The number of carbonyl (C=O) groups is 1. The molecular formula is C16H14O2S. The second-order valence-electron chi connectivity index (χ2n) is 4.56. The number of para-hydroxylation sites is 1. The van der Waals surface area contributed by atoms with Crippen LogP contribution in [0.3, 0.4) is 0 Å². The molecule has 2 heterocycles. The van der Waals surface area contributed by atoms with Crippen LogP contribution >= 0.6 is 11.3 Å². The number of rotatable bonds is 1. The van der Waals surface area contributed by atoms with Gasteiger partial charge in [0.1, 0.15) is 5.75 Å². The molecule has 1 aromatic carbocycles. The number of Topliss-reactive ketones (excluding diaryl/α,β-unsaturated/α-hetero) is 1. The van der Waals surface area contributed by atoms with Crippen LogP contribution in [0.15, 0.2) is 41.3 Å². The van der Waals surface area contributed by atoms with Gasteiger partial charge in [0.05, 0.1) is 12.2 Å². The molecular weight excluding hydrogens is 256 g/mol. The highest BCUT2D eigenvalue weighted by Gasteiger charge is 2.22. The van der Waals surface area contributed by atoms with Crippen LogP contribution in [0.4, 0.5) is 0 Å². The Hall–Kier alpha value is -1.87. The fourth-order valence-electron chi connectivity index (χ4n) is 2.26. The summed E-state index contributed by atoms with van der Waals surface area (Å²) in [5.41, 5.74) is 2.52. The molecule has 96 valence electrons. The first-order chi connectivity index (χ1) is 9.25. The molecule has 1 aliphatic heterocycles. The summed E-state index contributed by atoms with van der Waals surface area (Å²) in [5.74, 6) is 0.826. The average molecular weight is 270 g/mol. The number of fused-ring (bicyclic) bond motifs is 1. The van der Waals surface area contributed by atoms with Gasteiger partial charge in [-0.25, -0.2) is 0 Å². The van der Waals surface area contributed by atoms with Gasteiger partial charge in [0.25, 0.3) is 0 Å². The Morgan fingerprint density at radius 2 is 2.16 bits per heavy atom. The zero-order chi connectivity index (χ0) is 13.2. The predicted molar refractivity (Wildman–Crippen MR) is 77.9 cm³/mol. The van der Waals surface area contributed by atoms with Gasteiger partial charge in [0.2, 0.25) is 0 Å². The number of benzene rings is 1. The van der Waals surface area contributed by atoms with Crippen LogP contribution in [0.25, 0.3) is 6.08 Å². The molecule has 1 aromatic heterocycles. The van der Waals surface area contributed by atoms with Gasteiger partial charge in [-0.3, -0.25) is 4.79 Å². The van der Waals surface area contributed by atoms with E-state index in [9.17, 15) is 4.79 Å². The minimum absolute atomic E-state index is 0.0876. The number of thiophene rings is 1. The Morgan fingerprint density at radius 3 is 2.95 bits per heavy atom. The third-order valence-electron chi connectivity index (χ3n) is 3.23. The summed E-state index contributed by atoms with van der Waals surface area (Å²) in [4.78, 5) is 13.7. The van der Waals surface area contributed by atoms with Gasteiger partial charge in [0, 0.05) is 16.9 Å². The van der Waals surface area contributed by atoms with Crippen molar-refractivity contribution in [2.75, 3.05) is 6.61 Å². The van der Waals surface area contributed by atoms with Crippen molar-refractivity contribution < 1.29 is 9.53 Å². The molecule has 0 spiro atoms. The Labute approximate surface area is 116 Å². The van der Waals surface area contributed by atoms with Crippen LogP contribution < -0.4 is 4.74 Å². The minimum Gasteiger partial charge on any atom is -0.492 e. The fourth-order valence-corrected chi connectivity index (χ4v) is 2.94. The second kappa shape index (κ2) is 5.02. The normalized spacial score (nSPS) is 16.9. The van der Waals surface area contributed by atoms with Crippen LogP contribution in [0.2, 0.25) is 0 Å². The summed E-state index contributed by atoms with van der Waals surface area (Å²) in [6, 6.07) is 9.74. The van der Waals surface area contributed by atoms with Crippen molar-refractivity contribution in [3.63, 3.8) is 0 Å². The topological polar surface area (TPSA) is 26.3 Å². The zero-order valence-electron chi connectivity index (χ0n) is 10.7. The molecule has 3 heteroatoms. The molecule has 0 bridgehead atoms. The van der Waals surface area contributed by atoms with Crippen LogP contribution in [0.1, 0.15) is 27.2 Å². The standard InChI is InChI=1S/C16H14O2S/c1-11-4-2-6-14-15(17)12(7-8-18-16(11)14)10-13-5-3-9-19-13/h2-6,9-10H,7-8H2,1H3/b12-10+. The molecule has 2 aromatic rings. The molecule has 0 saturated heterocycles. The van der Waals surface area contributed by atoms with Gasteiger partial charge in [-0.1, -0.05) is 18.2 Å². The summed E-state index contributed by atoms with van der Waals surface area (Å²) in [6.07, 6.45) is 2.64. The average Bonchev–Trinajstić information content (AvgIpc) is 2.85. The first kappa shape index (κ1) is 12.2. The van der Waals surface area contributed by atoms with E-state index >= 15 is 0 Å². The molecule has 2 nitrogen and oxygen atoms in total. The van der Waals surface area contributed by atoms with E-state index < -0.39 is 0 Å². The van der Waals surface area contributed by atoms with Gasteiger partial charge in [-0.2, -0.15) is 0 Å². The van der Waals surface area contributed by atoms with Crippen molar-refractivity contribution in [2.24, 2.45) is 0 Å². The van der Waals surface area contributed by atoms with Gasteiger partial charge in [-0.05, 0) is 36.1 Å². The third kappa shape index (κ3) is 2.34. The number of ether oxygens (including phenoxy) is 1. The SMILES string of the molecule is Cc1cccc2c1OCC/C(=C\c1cccs1)C2=O. The zero-order valence-corrected chi connectivity index (χ0v) is 11.5. The Morgan fingerprint density at radius 1 is 1.26 bits per heavy atom. The summed E-state index contributed by atoms with van der Waals surface area (Å²) in [5, 5.41) is 2.02. The Balaban J connectivity index is 2.05. The molecule has 0 fully saturated rings. The summed E-state index contributed by atoms with van der Waals surface area (Å²) < 4.78 is 5.74. The lowest BCUT2D eigenvalue weighted by Crippen LogP contribution is -2.02. The van der Waals surface area contributed by atoms with Gasteiger partial charge < -0.3 is 4.74 Å². The van der Waals surface area contributed by atoms with E-state index in [1.165, 1.54) is 0 Å². The molecule has 19 heavy (non-hydrogen) atoms. The van der Waals surface area contributed by atoms with Crippen molar-refractivity contribution in [2.45, 2.75) is 13.3 Å². The highest BCUT2D eigenvalue weighted by molar-refractivity contribution is 7.10. The summed E-state index contributed by atoms with van der Waals surface area (Å²) in [6.45, 7) is 2.53. The second-order valence-corrected chi connectivity index (χ2v) is 5.54. The van der Waals surface area contributed by atoms with E-state index in [0.717, 1.165) is 21.8 Å². The maximum Gasteiger partial charge on any atom is 0.192 e. The largest absolute Gasteiger partial charge is 0.492 e. The molecule has 0 unspecified atom stereocenters. The number of ketones is 1. The maximum absolute atomic E-state index is 12.6. The molecule has 0 aliphatic carbocycles. The van der Waals surface area contributed by atoms with Crippen molar-refractivity contribution >= 4 is 23.2 Å². The quantitative estimate of drug-likeness (QED) is 0.729. The number of carbonyl (C=O) groups excluding carboxylic acids is 1. The highest BCUT2D eigenvalue weighted by Crippen LogP contribution is 2.30. The molecule has 1 aliphatic rings. The first-order valence-electron chi connectivity index (χ1n) is 6.27. The van der Waals surface area contributed by atoms with Crippen molar-refractivity contribution in [3.05, 3.63) is 57.3 Å². The smallest absolute Gasteiger partial charge is 0.192 e. The third-order valence-corrected chi connectivity index (χ3v) is 4.04. The van der Waals surface area contributed by atoms with E-state index in [1.54, 1.807) is 11.3 Å². The van der Waals surface area contributed by atoms with E-state index in [0.29, 0.717) is 18.6 Å². The summed E-state index contributed by atoms with van der Waals surface area (Å²) in [7, 11) is 0. The molecule has 0 amide bonds. The van der Waals surface area contributed by atoms with E-state index in [-0.39, 0.29) is 5.78 Å². The van der Waals surface area contributed by atoms with Gasteiger partial charge in [0.15, 0.2) is 5.78 Å². The van der Waals surface area contributed by atoms with Crippen LogP contribution in [0, 0.1) is 6.92 Å². The number of aryl methyl sites for hydroxylation is 1. The van der Waals surface area contributed by atoms with Crippen molar-refractivity contribution in [3.8, 4) is 5.75 Å². The molecule has 3 rings (SSSR count). The fraction of sp³-hybridized carbons (Fsp3) is 0.188. The van der Waals surface area contributed by atoms with E-state index in [4.69, 9.17) is 4.74 Å². The lowest BCUT2D eigenvalue weighted by Gasteiger charge is -2.08. The Bertz CT molecular complexity index is 639. The predicted octanol–water partition coefficient (Wildman–Crippen LogP) is 4.11. The highest BCUT2D eigenvalue weighted by atomic mass is 32.1. The monoisotopic (exact) mass is 270 g/mol. The summed E-state index contributed by atoms with van der Waals surface area (Å²) >= 11 is 1.64.